The Labute approximate surface area is 101 Å². The van der Waals surface area contributed by atoms with Gasteiger partial charge >= 0.3 is 0 Å². The molecular weight excluding hydrogens is 242 g/mol. The number of aliphatic hydroxyl groups excluding tert-OH is 2. The maximum Gasteiger partial charge on any atom is 0.158 e. The van der Waals surface area contributed by atoms with Crippen LogP contribution in [0.15, 0.2) is 24.3 Å². The Morgan fingerprint density at radius 2 is 1.82 bits per heavy atom. The van der Waals surface area contributed by atoms with Crippen LogP contribution in [0.3, 0.4) is 0 Å². The number of hydrogen-bond donors (Lipinski definition) is 3. The second kappa shape index (κ2) is 5.48. The summed E-state index contributed by atoms with van der Waals surface area (Å²) in [5.74, 6) is -0.121. The number of nitrogen functional groups attached to an aromatic ring is 1. The molecule has 5 nitrogen and oxygen atoms in total. The summed E-state index contributed by atoms with van der Waals surface area (Å²) in [5.41, 5.74) is 6.45. The van der Waals surface area contributed by atoms with Crippen molar-refractivity contribution in [3.05, 3.63) is 29.8 Å². The average molecular weight is 259 g/mol. The Bertz CT molecular complexity index is 455. The average Bonchev–Trinajstić information content (AvgIpc) is 2.30. The fraction of sp³-hybridized carbons (Fsp3) is 0.455. The third-order valence-electron chi connectivity index (χ3n) is 2.67. The first kappa shape index (κ1) is 14.0. The summed E-state index contributed by atoms with van der Waals surface area (Å²) < 4.78 is 23.3. The van der Waals surface area contributed by atoms with E-state index in [9.17, 15) is 13.5 Å². The molecule has 0 amide bonds. The summed E-state index contributed by atoms with van der Waals surface area (Å²) >= 11 is 0. The molecule has 2 atom stereocenters. The van der Waals surface area contributed by atoms with Crippen molar-refractivity contribution < 1.29 is 18.6 Å². The molecule has 0 spiro atoms. The molecule has 0 fully saturated rings. The van der Waals surface area contributed by atoms with Gasteiger partial charge in [0.2, 0.25) is 0 Å². The van der Waals surface area contributed by atoms with Crippen molar-refractivity contribution in [2.45, 2.75) is 18.3 Å². The number of anilines is 1. The minimum absolute atomic E-state index is 0.121. The van der Waals surface area contributed by atoms with Crippen molar-refractivity contribution in [3.63, 3.8) is 0 Å². The topological polar surface area (TPSA) is 101 Å². The molecule has 4 N–H and O–H groups in total. The van der Waals surface area contributed by atoms with Crippen molar-refractivity contribution in [2.24, 2.45) is 0 Å². The van der Waals surface area contributed by atoms with Crippen LogP contribution in [0, 0.1) is 0 Å². The Morgan fingerprint density at radius 3 is 2.24 bits per heavy atom. The van der Waals surface area contributed by atoms with Gasteiger partial charge in [-0.05, 0) is 17.7 Å². The summed E-state index contributed by atoms with van der Waals surface area (Å²) in [7, 11) is -3.50. The van der Waals surface area contributed by atoms with E-state index >= 15 is 0 Å². The molecule has 1 aromatic carbocycles. The van der Waals surface area contributed by atoms with E-state index in [1.165, 1.54) is 6.92 Å². The quantitative estimate of drug-likeness (QED) is 0.651. The van der Waals surface area contributed by atoms with E-state index in [1.807, 2.05) is 0 Å². The molecule has 96 valence electrons. The molecule has 0 radical (unpaired) electrons. The first-order valence-electron chi connectivity index (χ1n) is 5.28. The van der Waals surface area contributed by atoms with Crippen molar-refractivity contribution in [1.29, 1.82) is 0 Å². The van der Waals surface area contributed by atoms with Crippen molar-refractivity contribution >= 4 is 15.5 Å². The van der Waals surface area contributed by atoms with Crippen LogP contribution in [0.1, 0.15) is 18.6 Å². The lowest BCUT2D eigenvalue weighted by molar-refractivity contribution is 0.138. The molecule has 17 heavy (non-hydrogen) atoms. The number of benzene rings is 1. The van der Waals surface area contributed by atoms with Crippen LogP contribution < -0.4 is 5.73 Å². The minimum atomic E-state index is -3.50. The summed E-state index contributed by atoms with van der Waals surface area (Å²) in [6.45, 7) is 0.870. The van der Waals surface area contributed by atoms with Gasteiger partial charge in [-0.2, -0.15) is 0 Å². The van der Waals surface area contributed by atoms with Gasteiger partial charge in [-0.25, -0.2) is 8.42 Å². The number of hydrogen-bond acceptors (Lipinski definition) is 5. The lowest BCUT2D eigenvalue weighted by atomic mass is 10.1. The maximum absolute atomic E-state index is 11.7. The standard InChI is InChI=1S/C11H17NO4S/c1-2-17(15,16)10(7-13)11(14)8-3-5-9(12)6-4-8/h3-6,10-11,13-14H,2,7,12H2,1H3/t10-,11-/m0/s1. The first-order valence-corrected chi connectivity index (χ1v) is 6.99. The molecule has 0 aliphatic carbocycles. The van der Waals surface area contributed by atoms with Crippen LogP contribution in [0.25, 0.3) is 0 Å². The van der Waals surface area contributed by atoms with Gasteiger partial charge in [0.05, 0.1) is 12.7 Å². The van der Waals surface area contributed by atoms with E-state index in [4.69, 9.17) is 10.8 Å². The zero-order valence-electron chi connectivity index (χ0n) is 9.57. The molecule has 0 saturated heterocycles. The zero-order valence-corrected chi connectivity index (χ0v) is 10.4. The van der Waals surface area contributed by atoms with Gasteiger partial charge in [0, 0.05) is 11.4 Å². The highest BCUT2D eigenvalue weighted by atomic mass is 32.2. The summed E-state index contributed by atoms with van der Waals surface area (Å²) in [6, 6.07) is 6.25. The van der Waals surface area contributed by atoms with Crippen LogP contribution in [0.4, 0.5) is 5.69 Å². The van der Waals surface area contributed by atoms with Crippen LogP contribution in [-0.4, -0.2) is 36.2 Å². The first-order chi connectivity index (χ1) is 7.92. The summed E-state index contributed by atoms with van der Waals surface area (Å²) in [4.78, 5) is 0. The molecule has 0 aromatic heterocycles. The number of nitrogens with two attached hydrogens (primary N) is 1. The van der Waals surface area contributed by atoms with E-state index < -0.39 is 27.8 Å². The van der Waals surface area contributed by atoms with Gasteiger partial charge in [-0.15, -0.1) is 0 Å². The molecule has 0 aliphatic heterocycles. The number of sulfone groups is 1. The molecule has 0 heterocycles. The molecule has 0 saturated carbocycles. The van der Waals surface area contributed by atoms with Crippen LogP contribution in [0.5, 0.6) is 0 Å². The molecule has 0 unspecified atom stereocenters. The summed E-state index contributed by atoms with van der Waals surface area (Å²) in [5, 5.41) is 17.9. The molecule has 1 aromatic rings. The van der Waals surface area contributed by atoms with E-state index in [2.05, 4.69) is 0 Å². The third kappa shape index (κ3) is 3.18. The number of aliphatic hydroxyl groups is 2. The van der Waals surface area contributed by atoms with Gasteiger partial charge in [0.1, 0.15) is 5.25 Å². The van der Waals surface area contributed by atoms with Gasteiger partial charge in [-0.3, -0.25) is 0 Å². The molecular formula is C11H17NO4S. The normalized spacial score (nSPS) is 15.5. The van der Waals surface area contributed by atoms with E-state index in [0.717, 1.165) is 0 Å². The Balaban J connectivity index is 3.02. The van der Waals surface area contributed by atoms with Gasteiger partial charge in [0.15, 0.2) is 9.84 Å². The smallest absolute Gasteiger partial charge is 0.158 e. The van der Waals surface area contributed by atoms with Crippen LogP contribution >= 0.6 is 0 Å². The van der Waals surface area contributed by atoms with Gasteiger partial charge in [0.25, 0.3) is 0 Å². The molecule has 1 rings (SSSR count). The monoisotopic (exact) mass is 259 g/mol. The Morgan fingerprint density at radius 1 is 1.29 bits per heavy atom. The van der Waals surface area contributed by atoms with Crippen LogP contribution in [0.2, 0.25) is 0 Å². The van der Waals surface area contributed by atoms with Gasteiger partial charge < -0.3 is 15.9 Å². The predicted octanol–water partition coefficient (Wildman–Crippen LogP) is 0.0978. The third-order valence-corrected chi connectivity index (χ3v) is 4.81. The zero-order chi connectivity index (χ0) is 13.1. The predicted molar refractivity (Wildman–Crippen MR) is 66.1 cm³/mol. The van der Waals surface area contributed by atoms with E-state index in [0.29, 0.717) is 11.3 Å². The van der Waals surface area contributed by atoms with E-state index in [1.54, 1.807) is 24.3 Å². The highest BCUT2D eigenvalue weighted by molar-refractivity contribution is 7.92. The van der Waals surface area contributed by atoms with Crippen molar-refractivity contribution in [1.82, 2.24) is 0 Å². The highest BCUT2D eigenvalue weighted by Crippen LogP contribution is 2.23. The lowest BCUT2D eigenvalue weighted by Gasteiger charge is -2.20. The van der Waals surface area contributed by atoms with Gasteiger partial charge in [-0.1, -0.05) is 19.1 Å². The lowest BCUT2D eigenvalue weighted by Crippen LogP contribution is -2.33. The fourth-order valence-electron chi connectivity index (χ4n) is 1.53. The van der Waals surface area contributed by atoms with E-state index in [-0.39, 0.29) is 5.75 Å². The molecule has 0 bridgehead atoms. The van der Waals surface area contributed by atoms with Crippen molar-refractivity contribution in [3.8, 4) is 0 Å². The largest absolute Gasteiger partial charge is 0.399 e. The molecule has 0 aliphatic rings. The number of rotatable bonds is 5. The maximum atomic E-state index is 11.7. The van der Waals surface area contributed by atoms with Crippen LogP contribution in [-0.2, 0) is 9.84 Å². The second-order valence-electron chi connectivity index (χ2n) is 3.78. The highest BCUT2D eigenvalue weighted by Gasteiger charge is 2.31. The minimum Gasteiger partial charge on any atom is -0.399 e. The Kier molecular flexibility index (Phi) is 4.50. The van der Waals surface area contributed by atoms with Crippen molar-refractivity contribution in [2.75, 3.05) is 18.1 Å². The summed E-state index contributed by atoms with van der Waals surface area (Å²) in [6.07, 6.45) is -1.24. The second-order valence-corrected chi connectivity index (χ2v) is 6.29. The fourth-order valence-corrected chi connectivity index (χ4v) is 2.74. The SMILES string of the molecule is CCS(=O)(=O)[C@@H](CO)[C@@H](O)c1ccc(N)cc1. The molecule has 6 heteroatoms. The Hall–Kier alpha value is -1.11.